The maximum atomic E-state index is 13.0. The van der Waals surface area contributed by atoms with Crippen molar-refractivity contribution in [1.29, 1.82) is 0 Å². The van der Waals surface area contributed by atoms with E-state index in [1.165, 1.54) is 308 Å². The number of hydrogen-bond acceptors (Lipinski definition) is 6. The number of allylic oxidation sites excluding steroid dienone is 4. The van der Waals surface area contributed by atoms with Gasteiger partial charge in [0.05, 0.1) is 0 Å². The van der Waals surface area contributed by atoms with Crippen molar-refractivity contribution < 1.29 is 28.6 Å². The van der Waals surface area contributed by atoms with E-state index in [-0.39, 0.29) is 31.1 Å². The molecule has 79 heavy (non-hydrogen) atoms. The highest BCUT2D eigenvalue weighted by molar-refractivity contribution is 5.71. The summed E-state index contributed by atoms with van der Waals surface area (Å²) in [6.07, 6.45) is 83.4. The molecule has 0 aliphatic carbocycles. The summed E-state index contributed by atoms with van der Waals surface area (Å²) < 4.78 is 17.0. The summed E-state index contributed by atoms with van der Waals surface area (Å²) in [7, 11) is 0. The molecule has 0 fully saturated rings. The minimum Gasteiger partial charge on any atom is -0.462 e. The number of carbonyl (C=O) groups excluding carboxylic acids is 3. The SMILES string of the molecule is CCCCCCCC/C=C\CCCCCCCCCCCCCC(=O)OC[C@H](COC(=O)CCCCCCCCCCCCCCCCCCCCCCC)OC(=O)CCCCCCCCCCC/C=C\CCCCCCCC. The number of rotatable bonds is 67. The normalized spacial score (nSPS) is 12.1. The van der Waals surface area contributed by atoms with Crippen molar-refractivity contribution in [1.82, 2.24) is 0 Å². The molecular formula is C73H138O6. The van der Waals surface area contributed by atoms with E-state index in [1.807, 2.05) is 0 Å². The molecule has 0 saturated carbocycles. The Bertz CT molecular complexity index is 1270. The van der Waals surface area contributed by atoms with Crippen LogP contribution in [0.4, 0.5) is 0 Å². The predicted octanol–water partition coefficient (Wildman–Crippen LogP) is 24.6. The minimum atomic E-state index is -0.771. The molecule has 1 atom stereocenters. The van der Waals surface area contributed by atoms with Crippen molar-refractivity contribution in [2.45, 2.75) is 412 Å². The second kappa shape index (κ2) is 68.4. The van der Waals surface area contributed by atoms with Crippen LogP contribution < -0.4 is 0 Å². The van der Waals surface area contributed by atoms with E-state index in [0.717, 1.165) is 57.8 Å². The fourth-order valence-electron chi connectivity index (χ4n) is 11.0. The van der Waals surface area contributed by atoms with Gasteiger partial charge in [-0.1, -0.05) is 340 Å². The lowest BCUT2D eigenvalue weighted by molar-refractivity contribution is -0.167. The number of esters is 3. The van der Waals surface area contributed by atoms with E-state index in [1.54, 1.807) is 0 Å². The van der Waals surface area contributed by atoms with Gasteiger partial charge in [-0.2, -0.15) is 0 Å². The molecule has 6 heteroatoms. The molecule has 0 aromatic heterocycles. The predicted molar refractivity (Wildman–Crippen MR) is 344 cm³/mol. The van der Waals surface area contributed by atoms with Crippen molar-refractivity contribution in [3.8, 4) is 0 Å². The first-order chi connectivity index (χ1) is 39.0. The Balaban J connectivity index is 4.30. The molecule has 6 nitrogen and oxygen atoms in total. The molecule has 0 N–H and O–H groups in total. The quantitative estimate of drug-likeness (QED) is 0.0261. The third-order valence-corrected chi connectivity index (χ3v) is 16.4. The smallest absolute Gasteiger partial charge is 0.306 e. The maximum absolute atomic E-state index is 13.0. The first kappa shape index (κ1) is 76.9. The number of carbonyl (C=O) groups is 3. The standard InChI is InChI=1S/C73H138O6/c1-4-7-10-13-16-19-22-25-28-31-34-36-39-41-44-47-50-53-56-59-62-65-71(74)77-68-70(79-73(76)67-64-61-58-55-52-49-46-43-38-33-30-27-24-21-18-15-12-9-6-3)69-78-72(75)66-63-60-57-54-51-48-45-42-40-37-35-32-29-26-23-20-17-14-11-8-5-2/h25,27-28,30,70H,4-24,26,29,31-69H2,1-3H3/b28-25-,30-27-/t70-/m1/s1. The van der Waals surface area contributed by atoms with Gasteiger partial charge in [0.2, 0.25) is 0 Å². The van der Waals surface area contributed by atoms with Crippen LogP contribution in [0, 0.1) is 0 Å². The van der Waals surface area contributed by atoms with Crippen LogP contribution in [0.15, 0.2) is 24.3 Å². The molecule has 0 unspecified atom stereocenters. The van der Waals surface area contributed by atoms with Gasteiger partial charge in [-0.3, -0.25) is 14.4 Å². The second-order valence-corrected chi connectivity index (χ2v) is 24.5. The summed E-state index contributed by atoms with van der Waals surface area (Å²) in [4.78, 5) is 38.5. The highest BCUT2D eigenvalue weighted by Gasteiger charge is 2.19. The van der Waals surface area contributed by atoms with Gasteiger partial charge in [0.15, 0.2) is 6.10 Å². The third kappa shape index (κ3) is 66.6. The van der Waals surface area contributed by atoms with E-state index in [4.69, 9.17) is 14.2 Å². The summed E-state index contributed by atoms with van der Waals surface area (Å²) in [5.74, 6) is -0.835. The molecule has 0 amide bonds. The van der Waals surface area contributed by atoms with E-state index in [2.05, 4.69) is 45.1 Å². The summed E-state index contributed by atoms with van der Waals surface area (Å²) >= 11 is 0. The summed E-state index contributed by atoms with van der Waals surface area (Å²) in [6.45, 7) is 6.72. The van der Waals surface area contributed by atoms with Crippen LogP contribution in [-0.4, -0.2) is 37.2 Å². The number of ether oxygens (including phenoxy) is 3. The third-order valence-electron chi connectivity index (χ3n) is 16.4. The van der Waals surface area contributed by atoms with Crippen LogP contribution in [0.2, 0.25) is 0 Å². The van der Waals surface area contributed by atoms with Crippen molar-refractivity contribution in [3.63, 3.8) is 0 Å². The summed E-state index contributed by atoms with van der Waals surface area (Å²) in [5, 5.41) is 0. The van der Waals surface area contributed by atoms with Gasteiger partial charge >= 0.3 is 17.9 Å². The average molecular weight is 1110 g/mol. The fourth-order valence-corrected chi connectivity index (χ4v) is 11.0. The molecule has 0 aliphatic rings. The van der Waals surface area contributed by atoms with Crippen LogP contribution in [0.25, 0.3) is 0 Å². The lowest BCUT2D eigenvalue weighted by Crippen LogP contribution is -2.30. The van der Waals surface area contributed by atoms with Gasteiger partial charge < -0.3 is 14.2 Å². The highest BCUT2D eigenvalue weighted by Crippen LogP contribution is 2.19. The van der Waals surface area contributed by atoms with Crippen molar-refractivity contribution in [2.75, 3.05) is 13.2 Å². The lowest BCUT2D eigenvalue weighted by Gasteiger charge is -2.18. The molecule has 0 aromatic carbocycles. The molecule has 0 rings (SSSR count). The summed E-state index contributed by atoms with van der Waals surface area (Å²) in [5.41, 5.74) is 0. The van der Waals surface area contributed by atoms with Crippen molar-refractivity contribution in [2.24, 2.45) is 0 Å². The average Bonchev–Trinajstić information content (AvgIpc) is 3.45. The van der Waals surface area contributed by atoms with Gasteiger partial charge in [-0.15, -0.1) is 0 Å². The highest BCUT2D eigenvalue weighted by atomic mass is 16.6. The first-order valence-electron chi connectivity index (χ1n) is 35.8. The molecule has 0 saturated heterocycles. The van der Waals surface area contributed by atoms with Gasteiger partial charge in [-0.05, 0) is 70.6 Å². The summed E-state index contributed by atoms with van der Waals surface area (Å²) in [6, 6.07) is 0. The Morgan fingerprint density at radius 3 is 0.633 bits per heavy atom. The van der Waals surface area contributed by atoms with Gasteiger partial charge in [0.25, 0.3) is 0 Å². The van der Waals surface area contributed by atoms with E-state index >= 15 is 0 Å². The van der Waals surface area contributed by atoms with Crippen LogP contribution in [0.5, 0.6) is 0 Å². The van der Waals surface area contributed by atoms with Crippen molar-refractivity contribution >= 4 is 17.9 Å². The molecule has 0 heterocycles. The number of unbranched alkanes of at least 4 members (excludes halogenated alkanes) is 52. The molecule has 0 aromatic rings. The molecule has 0 aliphatic heterocycles. The lowest BCUT2D eigenvalue weighted by atomic mass is 10.0. The molecule has 0 radical (unpaired) electrons. The first-order valence-corrected chi connectivity index (χ1v) is 35.8. The van der Waals surface area contributed by atoms with E-state index < -0.39 is 6.10 Å². The van der Waals surface area contributed by atoms with Crippen molar-refractivity contribution in [3.05, 3.63) is 24.3 Å². The Morgan fingerprint density at radius 2 is 0.418 bits per heavy atom. The van der Waals surface area contributed by atoms with Gasteiger partial charge in [0.1, 0.15) is 13.2 Å². The Kier molecular flexibility index (Phi) is 66.6. The van der Waals surface area contributed by atoms with E-state index in [9.17, 15) is 14.4 Å². The van der Waals surface area contributed by atoms with Crippen LogP contribution in [0.3, 0.4) is 0 Å². The monoisotopic (exact) mass is 1110 g/mol. The van der Waals surface area contributed by atoms with Gasteiger partial charge in [-0.25, -0.2) is 0 Å². The maximum Gasteiger partial charge on any atom is 0.306 e. The van der Waals surface area contributed by atoms with Crippen LogP contribution >= 0.6 is 0 Å². The Morgan fingerprint density at radius 1 is 0.241 bits per heavy atom. The molecular weight excluding hydrogens is 973 g/mol. The topological polar surface area (TPSA) is 78.9 Å². The zero-order chi connectivity index (χ0) is 57.1. The Labute approximate surface area is 493 Å². The zero-order valence-corrected chi connectivity index (χ0v) is 53.7. The zero-order valence-electron chi connectivity index (χ0n) is 53.7. The van der Waals surface area contributed by atoms with Gasteiger partial charge in [0, 0.05) is 19.3 Å². The fraction of sp³-hybridized carbons (Fsp3) is 0.904. The molecule has 0 bridgehead atoms. The van der Waals surface area contributed by atoms with E-state index in [0.29, 0.717) is 19.3 Å². The second-order valence-electron chi connectivity index (χ2n) is 24.5. The largest absolute Gasteiger partial charge is 0.462 e. The Hall–Kier alpha value is -2.11. The molecule has 0 spiro atoms. The van der Waals surface area contributed by atoms with Crippen LogP contribution in [0.1, 0.15) is 406 Å². The molecule has 466 valence electrons. The van der Waals surface area contributed by atoms with Crippen LogP contribution in [-0.2, 0) is 28.6 Å². The number of hydrogen-bond donors (Lipinski definition) is 0. The minimum absolute atomic E-state index is 0.0662.